The Bertz CT molecular complexity index is 1320. The largest absolute Gasteiger partial charge is 0.352 e. The van der Waals surface area contributed by atoms with Gasteiger partial charge in [0.1, 0.15) is 6.04 Å². The fourth-order valence-electron chi connectivity index (χ4n) is 5.50. The SMILES string of the molecule is CC[C@H](C)[C@@H](CN[C@H]1CCc2cccc3c2N(C1=O)[C@H](C(=O)NCc1cn2cccnc2n1)C3)NC(C)=O. The van der Waals surface area contributed by atoms with Crippen LogP contribution in [0.3, 0.4) is 0 Å². The molecule has 2 aromatic heterocycles. The summed E-state index contributed by atoms with van der Waals surface area (Å²) in [5, 5.41) is 9.44. The van der Waals surface area contributed by atoms with Gasteiger partial charge in [-0.15, -0.1) is 0 Å². The van der Waals surface area contributed by atoms with Gasteiger partial charge in [0.15, 0.2) is 0 Å². The van der Waals surface area contributed by atoms with Crippen LogP contribution < -0.4 is 20.9 Å². The van der Waals surface area contributed by atoms with Gasteiger partial charge in [-0.2, -0.15) is 0 Å². The maximum Gasteiger partial charge on any atom is 0.244 e. The van der Waals surface area contributed by atoms with Crippen molar-refractivity contribution in [3.05, 3.63) is 59.7 Å². The van der Waals surface area contributed by atoms with Gasteiger partial charge in [-0.1, -0.05) is 38.5 Å². The number of benzene rings is 1. The topological polar surface area (TPSA) is 121 Å². The molecule has 10 heteroatoms. The minimum absolute atomic E-state index is 0.0796. The van der Waals surface area contributed by atoms with Crippen molar-refractivity contribution in [1.82, 2.24) is 30.3 Å². The van der Waals surface area contributed by atoms with Gasteiger partial charge in [0, 0.05) is 44.5 Å². The Morgan fingerprint density at radius 3 is 2.79 bits per heavy atom. The lowest BCUT2D eigenvalue weighted by Crippen LogP contribution is -2.55. The Morgan fingerprint density at radius 2 is 2.03 bits per heavy atom. The first kappa shape index (κ1) is 25.8. The number of para-hydroxylation sites is 1. The van der Waals surface area contributed by atoms with Gasteiger partial charge >= 0.3 is 0 Å². The Kier molecular flexibility index (Phi) is 7.42. The van der Waals surface area contributed by atoms with E-state index < -0.39 is 12.1 Å². The van der Waals surface area contributed by atoms with Crippen molar-refractivity contribution in [2.75, 3.05) is 11.4 Å². The van der Waals surface area contributed by atoms with Crippen molar-refractivity contribution in [2.24, 2.45) is 5.92 Å². The van der Waals surface area contributed by atoms with Crippen LogP contribution in [-0.2, 0) is 33.8 Å². The van der Waals surface area contributed by atoms with Crippen molar-refractivity contribution >= 4 is 29.2 Å². The molecule has 0 saturated heterocycles. The number of carbonyl (C=O) groups is 3. The molecule has 0 unspecified atom stereocenters. The van der Waals surface area contributed by atoms with Gasteiger partial charge in [0.2, 0.25) is 23.5 Å². The molecule has 5 rings (SSSR count). The second kappa shape index (κ2) is 10.9. The van der Waals surface area contributed by atoms with E-state index in [2.05, 4.69) is 39.8 Å². The summed E-state index contributed by atoms with van der Waals surface area (Å²) in [7, 11) is 0. The molecule has 38 heavy (non-hydrogen) atoms. The number of carbonyl (C=O) groups excluding carboxylic acids is 3. The number of rotatable bonds is 9. The molecule has 0 bridgehead atoms. The molecule has 2 aliphatic heterocycles. The quantitative estimate of drug-likeness (QED) is 0.398. The Labute approximate surface area is 222 Å². The number of hydrogen-bond acceptors (Lipinski definition) is 6. The van der Waals surface area contributed by atoms with E-state index in [-0.39, 0.29) is 36.2 Å². The summed E-state index contributed by atoms with van der Waals surface area (Å²) >= 11 is 0. The number of anilines is 1. The van der Waals surface area contributed by atoms with Gasteiger partial charge in [-0.3, -0.25) is 23.7 Å². The molecule has 3 aromatic rings. The molecule has 1 aromatic carbocycles. The molecule has 0 saturated carbocycles. The Balaban J connectivity index is 1.33. The summed E-state index contributed by atoms with van der Waals surface area (Å²) in [5.41, 5.74) is 3.68. The molecule has 4 atom stereocenters. The van der Waals surface area contributed by atoms with Crippen molar-refractivity contribution in [2.45, 2.75) is 71.1 Å². The van der Waals surface area contributed by atoms with Crippen LogP contribution >= 0.6 is 0 Å². The number of nitrogens with zero attached hydrogens (tertiary/aromatic N) is 4. The summed E-state index contributed by atoms with van der Waals surface area (Å²) in [6.45, 7) is 6.43. The van der Waals surface area contributed by atoms with E-state index in [9.17, 15) is 14.4 Å². The van der Waals surface area contributed by atoms with E-state index in [1.165, 1.54) is 6.92 Å². The molecule has 4 heterocycles. The lowest BCUT2D eigenvalue weighted by atomic mass is 9.98. The van der Waals surface area contributed by atoms with E-state index in [0.717, 1.165) is 29.7 Å². The Morgan fingerprint density at radius 1 is 1.21 bits per heavy atom. The fourth-order valence-corrected chi connectivity index (χ4v) is 5.50. The highest BCUT2D eigenvalue weighted by Crippen LogP contribution is 2.39. The van der Waals surface area contributed by atoms with E-state index in [4.69, 9.17) is 0 Å². The van der Waals surface area contributed by atoms with E-state index in [1.807, 2.05) is 36.7 Å². The number of imidazole rings is 1. The number of aromatic nitrogens is 3. The minimum atomic E-state index is -0.628. The van der Waals surface area contributed by atoms with Crippen LogP contribution in [0.25, 0.3) is 5.78 Å². The summed E-state index contributed by atoms with van der Waals surface area (Å²) in [6, 6.07) is 6.72. The van der Waals surface area contributed by atoms with Crippen LogP contribution in [0.15, 0.2) is 42.9 Å². The zero-order valence-corrected chi connectivity index (χ0v) is 22.1. The molecule has 0 fully saturated rings. The van der Waals surface area contributed by atoms with Crippen molar-refractivity contribution in [1.29, 1.82) is 0 Å². The van der Waals surface area contributed by atoms with Crippen LogP contribution in [-0.4, -0.2) is 56.8 Å². The summed E-state index contributed by atoms with van der Waals surface area (Å²) < 4.78 is 1.81. The van der Waals surface area contributed by atoms with Gasteiger partial charge in [0.05, 0.1) is 24.0 Å². The lowest BCUT2D eigenvalue weighted by Gasteiger charge is -2.30. The highest BCUT2D eigenvalue weighted by atomic mass is 16.2. The number of nitrogens with one attached hydrogen (secondary N) is 3. The molecule has 3 N–H and O–H groups in total. The predicted molar refractivity (Wildman–Crippen MR) is 143 cm³/mol. The smallest absolute Gasteiger partial charge is 0.244 e. The maximum atomic E-state index is 13.9. The minimum Gasteiger partial charge on any atom is -0.352 e. The summed E-state index contributed by atoms with van der Waals surface area (Å²) in [5.74, 6) is 0.440. The van der Waals surface area contributed by atoms with Gasteiger partial charge in [-0.05, 0) is 36.0 Å². The standard InChI is InChI=1S/C28H35N7O3/c1-4-17(2)23(32-18(3)36)15-30-22-10-9-19-7-5-8-20-13-24(35(25(19)20)27(22)38)26(37)31-14-21-16-34-12-6-11-29-28(34)33-21/h5-8,11-12,16-17,22-24,30H,4,9-10,13-15H2,1-3H3,(H,31,37)(H,32,36)/t17-,22-,23+,24-/m0/s1. The molecule has 0 spiro atoms. The van der Waals surface area contributed by atoms with E-state index >= 15 is 0 Å². The van der Waals surface area contributed by atoms with Crippen LogP contribution in [0.5, 0.6) is 0 Å². The van der Waals surface area contributed by atoms with E-state index in [0.29, 0.717) is 30.9 Å². The number of hydrogen-bond donors (Lipinski definition) is 3. The third kappa shape index (κ3) is 5.13. The van der Waals surface area contributed by atoms with Gasteiger partial charge in [0.25, 0.3) is 0 Å². The normalized spacial score (nSPS) is 20.1. The maximum absolute atomic E-state index is 13.9. The third-order valence-corrected chi connectivity index (χ3v) is 7.74. The zero-order valence-electron chi connectivity index (χ0n) is 22.1. The van der Waals surface area contributed by atoms with Crippen molar-refractivity contribution in [3.63, 3.8) is 0 Å². The summed E-state index contributed by atoms with van der Waals surface area (Å²) in [4.78, 5) is 49.5. The van der Waals surface area contributed by atoms with Crippen molar-refractivity contribution in [3.8, 4) is 0 Å². The number of fused-ring (bicyclic) bond motifs is 1. The molecule has 0 aliphatic carbocycles. The molecule has 200 valence electrons. The van der Waals surface area contributed by atoms with Crippen molar-refractivity contribution < 1.29 is 14.4 Å². The predicted octanol–water partition coefficient (Wildman–Crippen LogP) is 1.76. The van der Waals surface area contributed by atoms with Gasteiger partial charge in [-0.25, -0.2) is 9.97 Å². The molecule has 0 radical (unpaired) electrons. The highest BCUT2D eigenvalue weighted by molar-refractivity contribution is 6.06. The van der Waals surface area contributed by atoms with E-state index in [1.54, 1.807) is 15.5 Å². The highest BCUT2D eigenvalue weighted by Gasteiger charge is 2.43. The number of aryl methyl sites for hydroxylation is 1. The molecule has 10 nitrogen and oxygen atoms in total. The second-order valence-corrected chi connectivity index (χ2v) is 10.3. The van der Waals surface area contributed by atoms with Crippen LogP contribution in [0, 0.1) is 5.92 Å². The monoisotopic (exact) mass is 517 g/mol. The molecule has 2 aliphatic rings. The molecular formula is C28H35N7O3. The average Bonchev–Trinajstić information content (AvgIpc) is 3.48. The van der Waals surface area contributed by atoms with Gasteiger partial charge < -0.3 is 16.0 Å². The first-order valence-corrected chi connectivity index (χ1v) is 13.4. The first-order valence-electron chi connectivity index (χ1n) is 13.4. The summed E-state index contributed by atoms with van der Waals surface area (Å²) in [6.07, 6.45) is 8.12. The molecular weight excluding hydrogens is 482 g/mol. The average molecular weight is 518 g/mol. The first-order chi connectivity index (χ1) is 18.4. The molecule has 3 amide bonds. The fraction of sp³-hybridized carbons (Fsp3) is 0.464. The van der Waals surface area contributed by atoms with Crippen LogP contribution in [0.2, 0.25) is 0 Å². The third-order valence-electron chi connectivity index (χ3n) is 7.74. The van der Waals surface area contributed by atoms with Crippen LogP contribution in [0.1, 0.15) is 50.4 Å². The zero-order chi connectivity index (χ0) is 26.8. The lowest BCUT2D eigenvalue weighted by molar-refractivity contribution is -0.127. The number of amides is 3. The second-order valence-electron chi connectivity index (χ2n) is 10.3. The van der Waals surface area contributed by atoms with Crippen LogP contribution in [0.4, 0.5) is 5.69 Å². The Hall–Kier alpha value is -3.79.